The summed E-state index contributed by atoms with van der Waals surface area (Å²) in [4.78, 5) is 2.89. The highest BCUT2D eigenvalue weighted by Gasteiger charge is 2.36. The third-order valence-corrected chi connectivity index (χ3v) is 1.45. The summed E-state index contributed by atoms with van der Waals surface area (Å²) in [5, 5.41) is 0. The fourth-order valence-corrected chi connectivity index (χ4v) is 0.877. The van der Waals surface area contributed by atoms with Gasteiger partial charge in [0.15, 0.2) is 11.4 Å². The summed E-state index contributed by atoms with van der Waals surface area (Å²) in [5.74, 6) is -1.23. The van der Waals surface area contributed by atoms with Crippen molar-refractivity contribution in [1.29, 1.82) is 0 Å². The van der Waals surface area contributed by atoms with Gasteiger partial charge >= 0.3 is 6.18 Å². The van der Waals surface area contributed by atoms with Gasteiger partial charge in [-0.15, -0.1) is 0 Å². The number of alkyl halides is 3. The van der Waals surface area contributed by atoms with Crippen LogP contribution in [0.5, 0.6) is 5.75 Å². The average molecular weight is 261 g/mol. The molecule has 1 heterocycles. The van der Waals surface area contributed by atoms with E-state index in [1.54, 1.807) is 0 Å². The smallest absolute Gasteiger partial charge is 0.437 e. The summed E-state index contributed by atoms with van der Waals surface area (Å²) in [6.45, 7) is 0. The van der Waals surface area contributed by atoms with Crippen LogP contribution in [0.2, 0.25) is 0 Å². The van der Waals surface area contributed by atoms with Crippen molar-refractivity contribution in [2.45, 2.75) is 6.18 Å². The molecule has 6 heteroatoms. The summed E-state index contributed by atoms with van der Waals surface area (Å²) in [6.07, 6.45) is -5.85. The van der Waals surface area contributed by atoms with E-state index in [4.69, 9.17) is 6.85 Å². The maximum atomic E-state index is 12.6. The molecule has 0 saturated heterocycles. The van der Waals surface area contributed by atoms with E-state index in [2.05, 4.69) is 25.7 Å². The lowest BCUT2D eigenvalue weighted by Gasteiger charge is -2.10. The number of aromatic nitrogens is 1. The van der Waals surface area contributed by atoms with Crippen LogP contribution in [0, 0.1) is 0 Å². The predicted molar refractivity (Wildman–Crippen MR) is 43.5 cm³/mol. The van der Waals surface area contributed by atoms with Crippen LogP contribution in [-0.2, 0) is 6.18 Å². The molecule has 0 aliphatic carbocycles. The maximum Gasteiger partial charge on any atom is 0.437 e. The van der Waals surface area contributed by atoms with Crippen LogP contribution in [0.25, 0.3) is 0 Å². The lowest BCUT2D eigenvalue weighted by Crippen LogP contribution is -2.09. The third kappa shape index (κ3) is 2.33. The van der Waals surface area contributed by atoms with E-state index in [-0.39, 0.29) is 4.47 Å². The number of hydrogen-bond donors (Lipinski definition) is 0. The fraction of sp³-hybridized carbons (Fsp3) is 0.286. The molecule has 0 fully saturated rings. The highest BCUT2D eigenvalue weighted by atomic mass is 79.9. The monoisotopic (exact) mass is 260 g/mol. The molecule has 0 amide bonds. The fourth-order valence-electron chi connectivity index (χ4n) is 0.609. The van der Waals surface area contributed by atoms with Gasteiger partial charge < -0.3 is 4.74 Å². The van der Waals surface area contributed by atoms with E-state index in [0.29, 0.717) is 0 Å². The van der Waals surface area contributed by atoms with Gasteiger partial charge in [0.05, 0.1) is 13.9 Å². The van der Waals surface area contributed by atoms with Gasteiger partial charge in [0.2, 0.25) is 0 Å². The van der Waals surface area contributed by atoms with Crippen LogP contribution >= 0.6 is 15.9 Å². The van der Waals surface area contributed by atoms with Gasteiger partial charge in [-0.1, -0.05) is 0 Å². The van der Waals surface area contributed by atoms with E-state index in [1.165, 1.54) is 0 Å². The molecule has 0 bridgehead atoms. The van der Waals surface area contributed by atoms with Crippen molar-refractivity contribution in [2.24, 2.45) is 0 Å². The number of methoxy groups -OCH3 is 1. The molecule has 0 aliphatic heterocycles. The lowest BCUT2D eigenvalue weighted by atomic mass is 10.3. The predicted octanol–water partition coefficient (Wildman–Crippen LogP) is 2.87. The van der Waals surface area contributed by atoms with Crippen molar-refractivity contribution < 1.29 is 24.8 Å². The SMILES string of the molecule is [2H]c1nc(C(F)(F)F)c(OC([2H])([2H])[2H])c([2H])c1Br. The van der Waals surface area contributed by atoms with E-state index < -0.39 is 36.9 Å². The second kappa shape index (κ2) is 3.53. The van der Waals surface area contributed by atoms with E-state index in [0.717, 1.165) is 0 Å². The Morgan fingerprint density at radius 3 is 2.92 bits per heavy atom. The van der Waals surface area contributed by atoms with Crippen LogP contribution in [0.15, 0.2) is 16.7 Å². The molecule has 0 aromatic carbocycles. The topological polar surface area (TPSA) is 22.1 Å². The van der Waals surface area contributed by atoms with Gasteiger partial charge in [0, 0.05) is 10.6 Å². The molecule has 0 saturated carbocycles. The minimum Gasteiger partial charge on any atom is -0.494 e. The van der Waals surface area contributed by atoms with Crippen molar-refractivity contribution in [1.82, 2.24) is 4.98 Å². The first-order valence-corrected chi connectivity index (χ1v) is 3.65. The molecule has 2 nitrogen and oxygen atoms in total. The molecule has 1 aromatic rings. The average Bonchev–Trinajstić information content (AvgIpc) is 2.15. The molecule has 1 aromatic heterocycles. The number of ether oxygens (including phenoxy) is 1. The lowest BCUT2D eigenvalue weighted by molar-refractivity contribution is -0.142. The quantitative estimate of drug-likeness (QED) is 0.775. The van der Waals surface area contributed by atoms with Gasteiger partial charge in [-0.2, -0.15) is 13.2 Å². The Hall–Kier alpha value is -0.780. The van der Waals surface area contributed by atoms with Crippen LogP contribution < -0.4 is 4.74 Å². The highest BCUT2D eigenvalue weighted by Crippen LogP contribution is 2.35. The van der Waals surface area contributed by atoms with Crippen molar-refractivity contribution in [2.75, 3.05) is 7.04 Å². The first kappa shape index (κ1) is 5.19. The van der Waals surface area contributed by atoms with Crippen molar-refractivity contribution in [3.8, 4) is 5.75 Å². The van der Waals surface area contributed by atoms with Gasteiger partial charge in [0.1, 0.15) is 0 Å². The zero-order valence-electron chi connectivity index (χ0n) is 10.9. The summed E-state index contributed by atoms with van der Waals surface area (Å²) in [6, 6.07) is -0.890. The molecule has 72 valence electrons. The molecular weight excluding hydrogens is 251 g/mol. The first-order chi connectivity index (χ1) is 7.93. The molecule has 0 unspecified atom stereocenters. The number of pyridine rings is 1. The maximum absolute atomic E-state index is 12.6. The summed E-state index contributed by atoms with van der Waals surface area (Å²) in [7, 11) is -3.15. The Kier molecular flexibility index (Phi) is 1.41. The minimum absolute atomic E-state index is 0.380. The molecule has 0 aliphatic rings. The Morgan fingerprint density at radius 2 is 2.38 bits per heavy atom. The van der Waals surface area contributed by atoms with Gasteiger partial charge in [0.25, 0.3) is 0 Å². The molecule has 1 rings (SSSR count). The summed E-state index contributed by atoms with van der Waals surface area (Å²) < 4.78 is 76.4. The zero-order valence-corrected chi connectivity index (χ0v) is 7.45. The third-order valence-electron chi connectivity index (χ3n) is 1.07. The number of halogens is 4. The van der Waals surface area contributed by atoms with Gasteiger partial charge in [-0.3, -0.25) is 0 Å². The molecule has 0 atom stereocenters. The van der Waals surface area contributed by atoms with Crippen molar-refractivity contribution >= 4 is 15.9 Å². The molecule has 0 spiro atoms. The van der Waals surface area contributed by atoms with E-state index in [9.17, 15) is 13.2 Å². The van der Waals surface area contributed by atoms with Gasteiger partial charge in [-0.25, -0.2) is 4.98 Å². The summed E-state index contributed by atoms with van der Waals surface area (Å²) >= 11 is 2.67. The Bertz CT molecular complexity index is 476. The second-order valence-electron chi connectivity index (χ2n) is 1.94. The minimum atomic E-state index is -5.02. The first-order valence-electron chi connectivity index (χ1n) is 5.36. The molecule has 0 N–H and O–H groups in total. The van der Waals surface area contributed by atoms with E-state index in [1.807, 2.05) is 0 Å². The molecule has 0 radical (unpaired) electrons. The standard InChI is InChI=1S/C7H5BrF3NO/c1-13-5-2-4(8)3-12-6(5)7(9,10)11/h2-3H,1H3/i1D3,2D,3D. The van der Waals surface area contributed by atoms with Crippen LogP contribution in [-0.4, -0.2) is 12.0 Å². The number of rotatable bonds is 1. The van der Waals surface area contributed by atoms with Crippen molar-refractivity contribution in [3.05, 3.63) is 22.4 Å². The Morgan fingerprint density at radius 1 is 1.69 bits per heavy atom. The molecule has 13 heavy (non-hydrogen) atoms. The number of nitrogens with zero attached hydrogens (tertiary/aromatic N) is 1. The zero-order chi connectivity index (χ0) is 14.3. The summed E-state index contributed by atoms with van der Waals surface area (Å²) in [5.41, 5.74) is -1.71. The van der Waals surface area contributed by atoms with Crippen LogP contribution in [0.4, 0.5) is 13.2 Å². The molecular formula is C7H5BrF3NO. The Balaban J connectivity index is 3.50. The van der Waals surface area contributed by atoms with E-state index >= 15 is 0 Å². The number of hydrogen-bond acceptors (Lipinski definition) is 2. The normalized spacial score (nSPS) is 18.0. The Labute approximate surface area is 87.9 Å². The van der Waals surface area contributed by atoms with Crippen molar-refractivity contribution in [3.63, 3.8) is 0 Å². The highest BCUT2D eigenvalue weighted by molar-refractivity contribution is 9.10. The van der Waals surface area contributed by atoms with Gasteiger partial charge in [-0.05, 0) is 22.0 Å². The second-order valence-corrected chi connectivity index (χ2v) is 2.73. The largest absolute Gasteiger partial charge is 0.494 e. The van der Waals surface area contributed by atoms with Crippen LogP contribution in [0.1, 0.15) is 12.5 Å². The van der Waals surface area contributed by atoms with Crippen LogP contribution in [0.3, 0.4) is 0 Å².